The molecule has 3 N–H and O–H groups in total. The monoisotopic (exact) mass is 282 g/mol. The van der Waals surface area contributed by atoms with E-state index in [0.717, 1.165) is 30.8 Å². The summed E-state index contributed by atoms with van der Waals surface area (Å²) in [6.45, 7) is 1.04. The topological polar surface area (TPSA) is 66.1 Å². The molecule has 1 amide bonds. The van der Waals surface area contributed by atoms with Crippen molar-refractivity contribution in [3.8, 4) is 0 Å². The van der Waals surface area contributed by atoms with Crippen LogP contribution in [0.1, 0.15) is 22.5 Å². The summed E-state index contributed by atoms with van der Waals surface area (Å²) in [5.41, 5.74) is 4.82. The average Bonchev–Trinajstić information content (AvgIpc) is 2.54. The van der Waals surface area contributed by atoms with E-state index in [1.54, 1.807) is 19.3 Å². The van der Waals surface area contributed by atoms with Crippen LogP contribution in [0.15, 0.2) is 36.5 Å². The Morgan fingerprint density at radius 3 is 2.95 bits per heavy atom. The molecule has 0 radical (unpaired) electrons. The molecule has 1 aromatic carbocycles. The number of nitrogens with one attached hydrogen (secondary N) is 3. The highest BCUT2D eigenvalue weighted by molar-refractivity contribution is 5.93. The lowest BCUT2D eigenvalue weighted by Gasteiger charge is -2.19. The number of nitrogens with zero attached hydrogens (tertiary/aromatic N) is 1. The molecule has 0 aliphatic carbocycles. The number of rotatable bonds is 3. The number of carbonyl (C=O) groups is 1. The van der Waals surface area contributed by atoms with Crippen molar-refractivity contribution in [3.63, 3.8) is 0 Å². The number of benzene rings is 1. The number of carbonyl (C=O) groups excluding carboxylic acids is 1. The minimum absolute atomic E-state index is 0.187. The van der Waals surface area contributed by atoms with Crippen molar-refractivity contribution < 1.29 is 4.79 Å². The lowest BCUT2D eigenvalue weighted by Crippen LogP contribution is -2.19. The molecule has 0 fully saturated rings. The number of fused-ring (bicyclic) bond motifs is 1. The Morgan fingerprint density at radius 1 is 1.24 bits per heavy atom. The summed E-state index contributed by atoms with van der Waals surface area (Å²) in [6.07, 6.45) is 3.89. The van der Waals surface area contributed by atoms with Gasteiger partial charge in [-0.1, -0.05) is 0 Å². The molecule has 5 nitrogen and oxygen atoms in total. The largest absolute Gasteiger partial charge is 0.385 e. The van der Waals surface area contributed by atoms with Gasteiger partial charge in [0.25, 0.3) is 5.91 Å². The molecule has 0 unspecified atom stereocenters. The second kappa shape index (κ2) is 5.83. The van der Waals surface area contributed by atoms with Gasteiger partial charge in [0.15, 0.2) is 0 Å². The zero-order valence-electron chi connectivity index (χ0n) is 11.9. The van der Waals surface area contributed by atoms with Gasteiger partial charge in [0.05, 0.1) is 0 Å². The van der Waals surface area contributed by atoms with Crippen molar-refractivity contribution in [2.75, 3.05) is 24.2 Å². The zero-order valence-corrected chi connectivity index (χ0v) is 11.9. The van der Waals surface area contributed by atoms with Gasteiger partial charge < -0.3 is 16.0 Å². The van der Waals surface area contributed by atoms with Crippen molar-refractivity contribution in [2.24, 2.45) is 0 Å². The van der Waals surface area contributed by atoms with Crippen LogP contribution in [-0.2, 0) is 6.42 Å². The van der Waals surface area contributed by atoms with E-state index in [1.165, 1.54) is 11.3 Å². The van der Waals surface area contributed by atoms with E-state index >= 15 is 0 Å². The van der Waals surface area contributed by atoms with Crippen molar-refractivity contribution in [1.82, 2.24) is 10.3 Å². The van der Waals surface area contributed by atoms with Crippen LogP contribution in [0.4, 0.5) is 17.1 Å². The molecule has 2 aromatic rings. The molecule has 1 aromatic heterocycles. The Morgan fingerprint density at radius 2 is 2.10 bits per heavy atom. The van der Waals surface area contributed by atoms with Crippen LogP contribution in [-0.4, -0.2) is 24.5 Å². The minimum Gasteiger partial charge on any atom is -0.385 e. The number of hydrogen-bond acceptors (Lipinski definition) is 4. The summed E-state index contributed by atoms with van der Waals surface area (Å²) in [5.74, 6) is -0.187. The minimum atomic E-state index is -0.187. The Bertz CT molecular complexity index is 669. The molecular weight excluding hydrogens is 264 g/mol. The maximum absolute atomic E-state index is 11.6. The lowest BCUT2D eigenvalue weighted by atomic mass is 10.0. The Kier molecular flexibility index (Phi) is 3.73. The predicted molar refractivity (Wildman–Crippen MR) is 84.2 cm³/mol. The SMILES string of the molecule is CNC(=O)c1cc(Nc2ccc3c(c2)CCCN3)ccn1. The number of anilines is 3. The van der Waals surface area contributed by atoms with Crippen molar-refractivity contribution >= 4 is 23.0 Å². The zero-order chi connectivity index (χ0) is 14.7. The second-order valence-electron chi connectivity index (χ2n) is 5.04. The van der Waals surface area contributed by atoms with E-state index in [9.17, 15) is 4.79 Å². The summed E-state index contributed by atoms with van der Waals surface area (Å²) in [6, 6.07) is 9.89. The Balaban J connectivity index is 1.82. The van der Waals surface area contributed by atoms with Crippen LogP contribution in [0.25, 0.3) is 0 Å². The van der Waals surface area contributed by atoms with E-state index in [0.29, 0.717) is 5.69 Å². The average molecular weight is 282 g/mol. The van der Waals surface area contributed by atoms with Gasteiger partial charge in [0, 0.05) is 36.9 Å². The van der Waals surface area contributed by atoms with Gasteiger partial charge in [-0.05, 0) is 48.7 Å². The number of pyridine rings is 1. The maximum atomic E-state index is 11.6. The first-order chi connectivity index (χ1) is 10.3. The summed E-state index contributed by atoms with van der Waals surface area (Å²) in [4.78, 5) is 15.7. The highest BCUT2D eigenvalue weighted by Crippen LogP contribution is 2.26. The highest BCUT2D eigenvalue weighted by Gasteiger charge is 2.09. The highest BCUT2D eigenvalue weighted by atomic mass is 16.1. The number of aromatic nitrogens is 1. The predicted octanol–water partition coefficient (Wildman–Crippen LogP) is 2.54. The molecule has 108 valence electrons. The van der Waals surface area contributed by atoms with Gasteiger partial charge in [0.1, 0.15) is 5.69 Å². The Hall–Kier alpha value is -2.56. The fourth-order valence-electron chi connectivity index (χ4n) is 2.48. The fraction of sp³-hybridized carbons (Fsp3) is 0.250. The summed E-state index contributed by atoms with van der Waals surface area (Å²) in [5, 5.41) is 9.30. The normalized spacial score (nSPS) is 13.0. The third-order valence-electron chi connectivity index (χ3n) is 3.55. The lowest BCUT2D eigenvalue weighted by molar-refractivity contribution is 0.0958. The molecule has 0 saturated carbocycles. The third kappa shape index (κ3) is 2.97. The summed E-state index contributed by atoms with van der Waals surface area (Å²) in [7, 11) is 1.60. The van der Waals surface area contributed by atoms with Crippen molar-refractivity contribution in [2.45, 2.75) is 12.8 Å². The van der Waals surface area contributed by atoms with Gasteiger partial charge >= 0.3 is 0 Å². The fourth-order valence-corrected chi connectivity index (χ4v) is 2.48. The molecule has 1 aliphatic heterocycles. The standard InChI is InChI=1S/C16H18N4O/c1-17-16(21)15-10-13(6-8-19-15)20-12-4-5-14-11(9-12)3-2-7-18-14/h4-6,8-10,18H,2-3,7H2,1H3,(H,17,21)(H,19,20). The van der Waals surface area contributed by atoms with Crippen LogP contribution < -0.4 is 16.0 Å². The smallest absolute Gasteiger partial charge is 0.269 e. The molecule has 21 heavy (non-hydrogen) atoms. The summed E-state index contributed by atoms with van der Waals surface area (Å²) < 4.78 is 0. The molecule has 2 heterocycles. The molecule has 0 spiro atoms. The second-order valence-corrected chi connectivity index (χ2v) is 5.04. The van der Waals surface area contributed by atoms with E-state index in [1.807, 2.05) is 12.1 Å². The maximum Gasteiger partial charge on any atom is 0.269 e. The van der Waals surface area contributed by atoms with Gasteiger partial charge in [-0.3, -0.25) is 9.78 Å². The molecule has 5 heteroatoms. The molecule has 0 bridgehead atoms. The molecular formula is C16H18N4O. The molecule has 1 aliphatic rings. The van der Waals surface area contributed by atoms with Gasteiger partial charge in [-0.25, -0.2) is 0 Å². The van der Waals surface area contributed by atoms with Gasteiger partial charge in [-0.15, -0.1) is 0 Å². The molecule has 0 atom stereocenters. The van der Waals surface area contributed by atoms with Crippen LogP contribution in [0, 0.1) is 0 Å². The number of amides is 1. The van der Waals surface area contributed by atoms with E-state index in [2.05, 4.69) is 33.1 Å². The first kappa shape index (κ1) is 13.4. The van der Waals surface area contributed by atoms with Crippen LogP contribution in [0.5, 0.6) is 0 Å². The van der Waals surface area contributed by atoms with E-state index in [4.69, 9.17) is 0 Å². The van der Waals surface area contributed by atoms with E-state index in [-0.39, 0.29) is 5.91 Å². The summed E-state index contributed by atoms with van der Waals surface area (Å²) >= 11 is 0. The third-order valence-corrected chi connectivity index (χ3v) is 3.55. The Labute approximate surface area is 123 Å². The molecule has 0 saturated heterocycles. The quantitative estimate of drug-likeness (QED) is 0.809. The van der Waals surface area contributed by atoms with Gasteiger partial charge in [0.2, 0.25) is 0 Å². The first-order valence-corrected chi connectivity index (χ1v) is 7.08. The van der Waals surface area contributed by atoms with E-state index < -0.39 is 0 Å². The van der Waals surface area contributed by atoms with Crippen LogP contribution >= 0.6 is 0 Å². The number of hydrogen-bond donors (Lipinski definition) is 3. The number of aryl methyl sites for hydroxylation is 1. The van der Waals surface area contributed by atoms with Gasteiger partial charge in [-0.2, -0.15) is 0 Å². The van der Waals surface area contributed by atoms with Crippen molar-refractivity contribution in [3.05, 3.63) is 47.8 Å². The van der Waals surface area contributed by atoms with Crippen LogP contribution in [0.3, 0.4) is 0 Å². The van der Waals surface area contributed by atoms with Crippen molar-refractivity contribution in [1.29, 1.82) is 0 Å². The van der Waals surface area contributed by atoms with Crippen LogP contribution in [0.2, 0.25) is 0 Å². The molecule has 3 rings (SSSR count). The first-order valence-electron chi connectivity index (χ1n) is 7.08.